The molecule has 0 saturated heterocycles. The van der Waals surface area contributed by atoms with Gasteiger partial charge in [0.1, 0.15) is 0 Å². The highest BCUT2D eigenvalue weighted by Crippen LogP contribution is 2.57. The average molecular weight is 451 g/mol. The molecule has 29 heavy (non-hydrogen) atoms. The summed E-state index contributed by atoms with van der Waals surface area (Å²) in [5, 5.41) is -0.944. The standard InChI is InChI=1S/C18H26O9S2/c1-6-25-13(19)11(14(20)26-7-2)10-9-18(15(21)23-4,16(22)24-5)12(10)29-17(28)27-8-3/h10-12H,6-9H2,1-5H3/t10-,12+/m1/s1. The van der Waals surface area contributed by atoms with Gasteiger partial charge in [-0.05, 0) is 45.3 Å². The van der Waals surface area contributed by atoms with Gasteiger partial charge in [-0.25, -0.2) is 0 Å². The maximum absolute atomic E-state index is 12.6. The Labute approximate surface area is 179 Å². The lowest BCUT2D eigenvalue weighted by molar-refractivity contribution is -0.187. The van der Waals surface area contributed by atoms with E-state index in [2.05, 4.69) is 0 Å². The molecule has 0 aromatic rings. The summed E-state index contributed by atoms with van der Waals surface area (Å²) in [6.07, 6.45) is -0.166. The fourth-order valence-corrected chi connectivity index (χ4v) is 5.03. The highest BCUT2D eigenvalue weighted by atomic mass is 32.2. The first-order valence-corrected chi connectivity index (χ1v) is 10.4. The number of carbonyl (C=O) groups is 4. The van der Waals surface area contributed by atoms with Crippen LogP contribution in [0, 0.1) is 17.3 Å². The molecule has 0 aromatic carbocycles. The molecule has 1 saturated carbocycles. The highest BCUT2D eigenvalue weighted by molar-refractivity contribution is 8.23. The summed E-state index contributed by atoms with van der Waals surface area (Å²) in [7, 11) is 2.27. The summed E-state index contributed by atoms with van der Waals surface area (Å²) in [5.41, 5.74) is -1.74. The fraction of sp³-hybridized carbons (Fsp3) is 0.722. The molecule has 0 amide bonds. The molecule has 0 aromatic heterocycles. The predicted octanol–water partition coefficient (Wildman–Crippen LogP) is 1.50. The molecule has 0 N–H and O–H groups in total. The minimum atomic E-state index is -1.74. The third-order valence-corrected chi connectivity index (χ3v) is 6.25. The number of rotatable bonds is 9. The van der Waals surface area contributed by atoms with Gasteiger partial charge in [0.05, 0.1) is 34.0 Å². The van der Waals surface area contributed by atoms with Crippen LogP contribution in [0.1, 0.15) is 27.2 Å². The average Bonchev–Trinajstić information content (AvgIpc) is 2.68. The van der Waals surface area contributed by atoms with Crippen molar-refractivity contribution in [2.75, 3.05) is 34.0 Å². The second kappa shape index (κ2) is 11.3. The van der Waals surface area contributed by atoms with E-state index >= 15 is 0 Å². The molecule has 0 bridgehead atoms. The van der Waals surface area contributed by atoms with E-state index in [1.807, 2.05) is 0 Å². The number of hydrogen-bond donors (Lipinski definition) is 0. The molecule has 2 atom stereocenters. The third-order valence-electron chi connectivity index (χ3n) is 4.53. The predicted molar refractivity (Wildman–Crippen MR) is 107 cm³/mol. The van der Waals surface area contributed by atoms with Crippen molar-refractivity contribution in [3.8, 4) is 0 Å². The Balaban J connectivity index is 3.39. The SMILES string of the molecule is CCOC(=O)C(C(=O)OCC)[C@H]1CC(C(=O)OC)(C(=O)OC)[C@H]1SC(=S)OCC. The topological polar surface area (TPSA) is 114 Å². The van der Waals surface area contributed by atoms with E-state index in [4.69, 9.17) is 35.9 Å². The van der Waals surface area contributed by atoms with Crippen LogP contribution in [0.4, 0.5) is 0 Å². The Morgan fingerprint density at radius 2 is 1.38 bits per heavy atom. The normalized spacial score (nSPS) is 19.5. The second-order valence-electron chi connectivity index (χ2n) is 6.03. The van der Waals surface area contributed by atoms with Gasteiger partial charge in [0.25, 0.3) is 0 Å². The zero-order valence-electron chi connectivity index (χ0n) is 17.1. The summed E-state index contributed by atoms with van der Waals surface area (Å²) in [6.45, 7) is 5.30. The number of esters is 4. The van der Waals surface area contributed by atoms with Gasteiger partial charge in [-0.2, -0.15) is 0 Å². The van der Waals surface area contributed by atoms with Crippen molar-refractivity contribution in [1.29, 1.82) is 0 Å². The van der Waals surface area contributed by atoms with Crippen LogP contribution >= 0.6 is 24.0 Å². The van der Waals surface area contributed by atoms with E-state index in [9.17, 15) is 19.2 Å². The molecule has 1 rings (SSSR count). The number of carbonyl (C=O) groups excluding carboxylic acids is 4. The van der Waals surface area contributed by atoms with E-state index in [1.165, 1.54) is 0 Å². The molecule has 0 aliphatic heterocycles. The minimum Gasteiger partial charge on any atom is -0.479 e. The first-order valence-electron chi connectivity index (χ1n) is 9.08. The number of methoxy groups -OCH3 is 2. The summed E-state index contributed by atoms with van der Waals surface area (Å²) in [5.74, 6) is -5.40. The maximum Gasteiger partial charge on any atom is 0.324 e. The van der Waals surface area contributed by atoms with E-state index < -0.39 is 46.4 Å². The van der Waals surface area contributed by atoms with Gasteiger partial charge in [0, 0.05) is 5.25 Å². The van der Waals surface area contributed by atoms with E-state index in [0.717, 1.165) is 26.0 Å². The van der Waals surface area contributed by atoms with Gasteiger partial charge in [-0.1, -0.05) is 11.8 Å². The Hall–Kier alpha value is -1.88. The van der Waals surface area contributed by atoms with Gasteiger partial charge in [0.15, 0.2) is 11.3 Å². The van der Waals surface area contributed by atoms with Gasteiger partial charge in [-0.3, -0.25) is 19.2 Å². The van der Waals surface area contributed by atoms with Crippen molar-refractivity contribution in [2.45, 2.75) is 32.4 Å². The summed E-state index contributed by atoms with van der Waals surface area (Å²) >= 11 is 6.06. The number of thioether (sulfide) groups is 1. The molecule has 0 spiro atoms. The zero-order valence-corrected chi connectivity index (χ0v) is 18.7. The van der Waals surface area contributed by atoms with Crippen LogP contribution in [0.3, 0.4) is 0 Å². The number of thiocarbonyl (C=S) groups is 1. The van der Waals surface area contributed by atoms with Crippen LogP contribution in [0.2, 0.25) is 0 Å². The van der Waals surface area contributed by atoms with E-state index in [1.54, 1.807) is 20.8 Å². The quantitative estimate of drug-likeness (QED) is 0.220. The van der Waals surface area contributed by atoms with Crippen LogP contribution < -0.4 is 0 Å². The number of hydrogen-bond acceptors (Lipinski definition) is 11. The lowest BCUT2D eigenvalue weighted by Crippen LogP contribution is -2.64. The van der Waals surface area contributed by atoms with E-state index in [0.29, 0.717) is 0 Å². The van der Waals surface area contributed by atoms with Gasteiger partial charge < -0.3 is 23.7 Å². The molecule has 0 heterocycles. The van der Waals surface area contributed by atoms with Gasteiger partial charge >= 0.3 is 23.9 Å². The first kappa shape index (κ1) is 25.2. The summed E-state index contributed by atoms with van der Waals surface area (Å²) in [6, 6.07) is 0. The maximum atomic E-state index is 12.6. The fourth-order valence-electron chi connectivity index (χ4n) is 3.29. The molecule has 11 heteroatoms. The smallest absolute Gasteiger partial charge is 0.324 e. The van der Waals surface area contributed by atoms with Gasteiger partial charge in [0.2, 0.25) is 4.38 Å². The molecule has 0 radical (unpaired) electrons. The lowest BCUT2D eigenvalue weighted by atomic mass is 9.57. The van der Waals surface area contributed by atoms with Crippen LogP contribution in [-0.2, 0) is 42.9 Å². The Kier molecular flexibility index (Phi) is 9.84. The largest absolute Gasteiger partial charge is 0.479 e. The molecule has 1 aliphatic rings. The van der Waals surface area contributed by atoms with Crippen LogP contribution in [0.15, 0.2) is 0 Å². The molecule has 0 unspecified atom stereocenters. The third kappa shape index (κ3) is 5.19. The first-order chi connectivity index (χ1) is 13.7. The second-order valence-corrected chi connectivity index (χ2v) is 7.77. The zero-order chi connectivity index (χ0) is 22.2. The van der Waals surface area contributed by atoms with Crippen LogP contribution in [0.5, 0.6) is 0 Å². The number of ether oxygens (including phenoxy) is 5. The molecular weight excluding hydrogens is 424 g/mol. The van der Waals surface area contributed by atoms with Crippen molar-refractivity contribution in [3.63, 3.8) is 0 Å². The molecule has 9 nitrogen and oxygen atoms in total. The van der Waals surface area contributed by atoms with Crippen LogP contribution in [0.25, 0.3) is 0 Å². The van der Waals surface area contributed by atoms with Crippen molar-refractivity contribution < 1.29 is 42.9 Å². The van der Waals surface area contributed by atoms with Crippen molar-refractivity contribution in [3.05, 3.63) is 0 Å². The monoisotopic (exact) mass is 450 g/mol. The van der Waals surface area contributed by atoms with Crippen molar-refractivity contribution in [1.82, 2.24) is 0 Å². The van der Waals surface area contributed by atoms with Gasteiger partial charge in [-0.15, -0.1) is 0 Å². The Morgan fingerprint density at radius 3 is 1.76 bits per heavy atom. The summed E-state index contributed by atoms with van der Waals surface area (Å²) < 4.78 is 25.0. The summed E-state index contributed by atoms with van der Waals surface area (Å²) in [4.78, 5) is 50.2. The Bertz CT molecular complexity index is 615. The lowest BCUT2D eigenvalue weighted by Gasteiger charge is -2.51. The van der Waals surface area contributed by atoms with Crippen molar-refractivity contribution in [2.24, 2.45) is 17.3 Å². The van der Waals surface area contributed by atoms with Crippen molar-refractivity contribution >= 4 is 52.2 Å². The highest BCUT2D eigenvalue weighted by Gasteiger charge is 2.69. The molecule has 1 fully saturated rings. The Morgan fingerprint density at radius 1 is 0.931 bits per heavy atom. The molecule has 164 valence electrons. The van der Waals surface area contributed by atoms with E-state index in [-0.39, 0.29) is 30.6 Å². The molecule has 1 aliphatic carbocycles. The van der Waals surface area contributed by atoms with Crippen LogP contribution in [-0.4, -0.2) is 67.6 Å². The minimum absolute atomic E-state index is 0.0514. The molecular formula is C18H26O9S2.